The van der Waals surface area contributed by atoms with E-state index in [4.69, 9.17) is 13.6 Å². The molecule has 31 heavy (non-hydrogen) atoms. The van der Waals surface area contributed by atoms with Crippen molar-refractivity contribution in [3.8, 4) is 17.2 Å². The van der Waals surface area contributed by atoms with E-state index in [2.05, 4.69) is 12.1 Å². The van der Waals surface area contributed by atoms with Gasteiger partial charge in [0.2, 0.25) is 0 Å². The first-order valence-electron chi connectivity index (χ1n) is 10.1. The zero-order valence-corrected chi connectivity index (χ0v) is 17.9. The monoisotopic (exact) mass is 430 g/mol. The highest BCUT2D eigenvalue weighted by Gasteiger charge is 2.33. The summed E-state index contributed by atoms with van der Waals surface area (Å²) >= 11 is 0. The van der Waals surface area contributed by atoms with E-state index in [1.807, 2.05) is 42.5 Å². The molecule has 4 nitrogen and oxygen atoms in total. The minimum Gasteiger partial charge on any atom is -0.386 e. The molecule has 4 aromatic rings. The first-order chi connectivity index (χ1) is 15.2. The largest absolute Gasteiger partial charge is 0.647 e. The maximum Gasteiger partial charge on any atom is 0.647 e. The van der Waals surface area contributed by atoms with Crippen LogP contribution < -0.4 is 13.6 Å². The molecule has 0 saturated heterocycles. The van der Waals surface area contributed by atoms with Crippen molar-refractivity contribution in [3.05, 3.63) is 126 Å². The summed E-state index contributed by atoms with van der Waals surface area (Å²) in [5, 5.41) is 0. The van der Waals surface area contributed by atoms with Crippen molar-refractivity contribution in [3.63, 3.8) is 0 Å². The Bertz CT molecular complexity index is 1070. The SMILES string of the molecule is O=P(Oc1ccccc1)(Oc1ccccc1)Oc1ccc(CCc2ccccc2)cc1. The van der Waals surface area contributed by atoms with E-state index in [1.54, 1.807) is 60.7 Å². The maximum atomic E-state index is 13.5. The minimum atomic E-state index is -3.96. The lowest BCUT2D eigenvalue weighted by molar-refractivity contribution is 0.298. The van der Waals surface area contributed by atoms with Gasteiger partial charge in [-0.2, -0.15) is 4.57 Å². The summed E-state index contributed by atoms with van der Waals surface area (Å²) in [6, 6.07) is 35.6. The van der Waals surface area contributed by atoms with Gasteiger partial charge in [0.1, 0.15) is 17.2 Å². The zero-order valence-electron chi connectivity index (χ0n) is 17.0. The lowest BCUT2D eigenvalue weighted by Gasteiger charge is -2.19. The molecule has 5 heteroatoms. The Balaban J connectivity index is 1.47. The van der Waals surface area contributed by atoms with Crippen molar-refractivity contribution < 1.29 is 18.1 Å². The number of aryl methyl sites for hydroxylation is 2. The van der Waals surface area contributed by atoms with Gasteiger partial charge in [-0.15, -0.1) is 0 Å². The average Bonchev–Trinajstić information content (AvgIpc) is 2.80. The number of para-hydroxylation sites is 2. The number of hydrogen-bond acceptors (Lipinski definition) is 4. The molecule has 0 bridgehead atoms. The molecular formula is C26H23O4P. The maximum absolute atomic E-state index is 13.5. The molecule has 0 unspecified atom stereocenters. The zero-order chi connectivity index (χ0) is 21.4. The summed E-state index contributed by atoms with van der Waals surface area (Å²) in [6.45, 7) is 0. The van der Waals surface area contributed by atoms with Crippen LogP contribution in [0.2, 0.25) is 0 Å². The van der Waals surface area contributed by atoms with E-state index in [9.17, 15) is 4.57 Å². The minimum absolute atomic E-state index is 0.404. The predicted octanol–water partition coefficient (Wildman–Crippen LogP) is 7.12. The second-order valence-electron chi connectivity index (χ2n) is 6.98. The third kappa shape index (κ3) is 6.24. The number of rotatable bonds is 9. The van der Waals surface area contributed by atoms with Crippen molar-refractivity contribution in [1.82, 2.24) is 0 Å². The molecule has 0 aliphatic heterocycles. The summed E-state index contributed by atoms with van der Waals surface area (Å²) in [5.74, 6) is 1.22. The van der Waals surface area contributed by atoms with Gasteiger partial charge < -0.3 is 13.6 Å². The molecule has 4 rings (SSSR count). The molecule has 0 aromatic heterocycles. The molecule has 0 saturated carbocycles. The van der Waals surface area contributed by atoms with Crippen LogP contribution in [0, 0.1) is 0 Å². The summed E-state index contributed by atoms with van der Waals surface area (Å²) < 4.78 is 30.5. The molecule has 0 aliphatic rings. The Kier molecular flexibility index (Phi) is 6.71. The molecule has 0 fully saturated rings. The second-order valence-corrected chi connectivity index (χ2v) is 8.42. The van der Waals surface area contributed by atoms with Crippen LogP contribution in [-0.2, 0) is 17.4 Å². The fourth-order valence-electron chi connectivity index (χ4n) is 3.06. The van der Waals surface area contributed by atoms with Crippen molar-refractivity contribution in [2.75, 3.05) is 0 Å². The molecule has 0 aliphatic carbocycles. The highest BCUT2D eigenvalue weighted by atomic mass is 31.2. The molecule has 0 atom stereocenters. The fraction of sp³-hybridized carbons (Fsp3) is 0.0769. The first-order valence-corrected chi connectivity index (χ1v) is 11.6. The van der Waals surface area contributed by atoms with Crippen LogP contribution >= 0.6 is 7.82 Å². The Morgan fingerprint density at radius 3 is 1.26 bits per heavy atom. The van der Waals surface area contributed by atoms with E-state index < -0.39 is 7.82 Å². The molecule has 0 spiro atoms. The summed E-state index contributed by atoms with van der Waals surface area (Å²) in [6.07, 6.45) is 1.86. The average molecular weight is 430 g/mol. The number of phosphoric ester groups is 1. The summed E-state index contributed by atoms with van der Waals surface area (Å²) in [7, 11) is -3.96. The number of benzene rings is 4. The van der Waals surface area contributed by atoms with Gasteiger partial charge in [-0.1, -0.05) is 78.9 Å². The Morgan fingerprint density at radius 2 is 0.806 bits per heavy atom. The molecule has 0 amide bonds. The van der Waals surface area contributed by atoms with Crippen LogP contribution in [0.3, 0.4) is 0 Å². The summed E-state index contributed by atoms with van der Waals surface area (Å²) in [4.78, 5) is 0. The van der Waals surface area contributed by atoms with Gasteiger partial charge in [0.15, 0.2) is 0 Å². The van der Waals surface area contributed by atoms with E-state index in [1.165, 1.54) is 11.1 Å². The number of phosphoric acid groups is 1. The smallest absolute Gasteiger partial charge is 0.386 e. The highest BCUT2D eigenvalue weighted by molar-refractivity contribution is 7.49. The predicted molar refractivity (Wildman–Crippen MR) is 123 cm³/mol. The van der Waals surface area contributed by atoms with Crippen LogP contribution in [0.4, 0.5) is 0 Å². The van der Waals surface area contributed by atoms with Crippen LogP contribution in [0.1, 0.15) is 11.1 Å². The van der Waals surface area contributed by atoms with E-state index >= 15 is 0 Å². The van der Waals surface area contributed by atoms with E-state index in [0.29, 0.717) is 17.2 Å². The third-order valence-electron chi connectivity index (χ3n) is 4.61. The summed E-state index contributed by atoms with van der Waals surface area (Å²) in [5.41, 5.74) is 2.46. The quantitative estimate of drug-likeness (QED) is 0.265. The first kappa shape index (κ1) is 20.8. The topological polar surface area (TPSA) is 44.8 Å². The van der Waals surface area contributed by atoms with Gasteiger partial charge in [-0.05, 0) is 60.4 Å². The second kappa shape index (κ2) is 10.0. The number of hydrogen-bond donors (Lipinski definition) is 0. The van der Waals surface area contributed by atoms with Gasteiger partial charge in [0, 0.05) is 0 Å². The van der Waals surface area contributed by atoms with Gasteiger partial charge in [-0.3, -0.25) is 0 Å². The normalized spacial score (nSPS) is 11.0. The molecular weight excluding hydrogens is 407 g/mol. The van der Waals surface area contributed by atoms with Gasteiger partial charge in [-0.25, -0.2) is 0 Å². The Labute approximate surface area is 182 Å². The standard InChI is InChI=1S/C26H23O4P/c27-31(28-24-12-6-2-7-13-24,29-25-14-8-3-9-15-25)30-26-20-18-23(19-21-26)17-16-22-10-4-1-5-11-22/h1-15,18-21H,16-17H2. The molecule has 0 N–H and O–H groups in total. The molecule has 0 radical (unpaired) electrons. The lowest BCUT2D eigenvalue weighted by atomic mass is 10.0. The Morgan fingerprint density at radius 1 is 0.452 bits per heavy atom. The van der Waals surface area contributed by atoms with Crippen LogP contribution in [0.25, 0.3) is 0 Å². The van der Waals surface area contributed by atoms with Crippen molar-refractivity contribution in [1.29, 1.82) is 0 Å². The van der Waals surface area contributed by atoms with Gasteiger partial charge in [0.25, 0.3) is 0 Å². The van der Waals surface area contributed by atoms with Crippen molar-refractivity contribution in [2.24, 2.45) is 0 Å². The lowest BCUT2D eigenvalue weighted by Crippen LogP contribution is -2.07. The van der Waals surface area contributed by atoms with Crippen LogP contribution in [0.5, 0.6) is 17.2 Å². The van der Waals surface area contributed by atoms with Gasteiger partial charge >= 0.3 is 7.82 Å². The van der Waals surface area contributed by atoms with Crippen molar-refractivity contribution in [2.45, 2.75) is 12.8 Å². The fourth-order valence-corrected chi connectivity index (χ4v) is 4.31. The highest BCUT2D eigenvalue weighted by Crippen LogP contribution is 2.49. The van der Waals surface area contributed by atoms with Crippen molar-refractivity contribution >= 4 is 7.82 Å². The Hall–Kier alpha value is -3.49. The molecule has 156 valence electrons. The van der Waals surface area contributed by atoms with E-state index in [0.717, 1.165) is 12.8 Å². The molecule has 4 aromatic carbocycles. The van der Waals surface area contributed by atoms with Gasteiger partial charge in [0.05, 0.1) is 0 Å². The van der Waals surface area contributed by atoms with Crippen LogP contribution in [-0.4, -0.2) is 0 Å². The third-order valence-corrected chi connectivity index (χ3v) is 5.91. The molecule has 0 heterocycles. The van der Waals surface area contributed by atoms with Crippen LogP contribution in [0.15, 0.2) is 115 Å². The van der Waals surface area contributed by atoms with E-state index in [-0.39, 0.29) is 0 Å².